The third-order valence-corrected chi connectivity index (χ3v) is 3.97. The van der Waals surface area contributed by atoms with Gasteiger partial charge in [0.1, 0.15) is 0 Å². The van der Waals surface area contributed by atoms with Crippen LogP contribution in [0.15, 0.2) is 54.6 Å². The van der Waals surface area contributed by atoms with Crippen LogP contribution in [0.25, 0.3) is 27.5 Å². The number of fused-ring (bicyclic) bond motifs is 3. The number of allylic oxidation sites excluding steroid dienone is 4. The second kappa shape index (κ2) is 5.25. The van der Waals surface area contributed by atoms with Crippen molar-refractivity contribution < 1.29 is 0 Å². The molecule has 0 aliphatic rings. The summed E-state index contributed by atoms with van der Waals surface area (Å²) < 4.78 is 2.35. The predicted molar refractivity (Wildman–Crippen MR) is 93.7 cm³/mol. The Morgan fingerprint density at radius 1 is 0.857 bits per heavy atom. The highest BCUT2D eigenvalue weighted by molar-refractivity contribution is 6.10. The minimum Gasteiger partial charge on any atom is -0.310 e. The molecule has 1 aromatic heterocycles. The maximum atomic E-state index is 2.35. The Morgan fingerprint density at radius 3 is 1.81 bits per heavy atom. The van der Waals surface area contributed by atoms with Crippen LogP contribution in [0, 0.1) is 13.8 Å². The van der Waals surface area contributed by atoms with E-state index in [0.717, 1.165) is 0 Å². The molecule has 0 amide bonds. The molecule has 0 fully saturated rings. The predicted octanol–water partition coefficient (Wildman–Crippen LogP) is 5.85. The van der Waals surface area contributed by atoms with Gasteiger partial charge in [-0.25, -0.2) is 0 Å². The largest absolute Gasteiger partial charge is 0.310 e. The summed E-state index contributed by atoms with van der Waals surface area (Å²) in [5.41, 5.74) is 6.36. The van der Waals surface area contributed by atoms with Gasteiger partial charge in [0.2, 0.25) is 0 Å². The molecular weight excluding hydrogens is 254 g/mol. The number of nitrogens with zero attached hydrogens (tertiary/aromatic N) is 1. The molecule has 3 aromatic rings. The van der Waals surface area contributed by atoms with Crippen molar-refractivity contribution in [3.63, 3.8) is 0 Å². The lowest BCUT2D eigenvalue weighted by atomic mass is 10.1. The molecule has 2 aromatic carbocycles. The van der Waals surface area contributed by atoms with Crippen molar-refractivity contribution >= 4 is 27.5 Å². The van der Waals surface area contributed by atoms with Gasteiger partial charge in [0, 0.05) is 16.5 Å². The standard InChI is InChI=1S/C20H21N/c1-5-7-16(6-2)21-19-10-8-14(3)12-17(19)18-13-15(4)9-11-20(18)21/h5-13H,1-4H3/b7-5-,16-6+. The third kappa shape index (κ3) is 2.19. The second-order valence-corrected chi connectivity index (χ2v) is 5.59. The summed E-state index contributed by atoms with van der Waals surface area (Å²) in [6, 6.07) is 13.4. The molecule has 1 heteroatoms. The van der Waals surface area contributed by atoms with Crippen LogP contribution in [-0.4, -0.2) is 4.57 Å². The minimum absolute atomic E-state index is 1.21. The Labute approximate surface area is 126 Å². The van der Waals surface area contributed by atoms with E-state index in [0.29, 0.717) is 0 Å². The normalized spacial score (nSPS) is 12.9. The lowest BCUT2D eigenvalue weighted by molar-refractivity contribution is 1.23. The van der Waals surface area contributed by atoms with Crippen molar-refractivity contribution in [3.05, 3.63) is 65.8 Å². The highest BCUT2D eigenvalue weighted by Crippen LogP contribution is 2.33. The fourth-order valence-electron chi connectivity index (χ4n) is 3.00. The molecule has 21 heavy (non-hydrogen) atoms. The summed E-state index contributed by atoms with van der Waals surface area (Å²) >= 11 is 0. The Balaban J connectivity index is 2.51. The van der Waals surface area contributed by atoms with Gasteiger partial charge in [-0.1, -0.05) is 35.4 Å². The quantitative estimate of drug-likeness (QED) is 0.517. The van der Waals surface area contributed by atoms with Crippen molar-refractivity contribution in [2.24, 2.45) is 0 Å². The number of rotatable bonds is 2. The van der Waals surface area contributed by atoms with Crippen molar-refractivity contribution in [1.29, 1.82) is 0 Å². The zero-order valence-electron chi connectivity index (χ0n) is 13.1. The van der Waals surface area contributed by atoms with Gasteiger partial charge in [0.05, 0.1) is 11.0 Å². The number of hydrogen-bond donors (Lipinski definition) is 0. The zero-order chi connectivity index (χ0) is 15.0. The van der Waals surface area contributed by atoms with E-state index in [4.69, 9.17) is 0 Å². The molecule has 0 aliphatic heterocycles. The van der Waals surface area contributed by atoms with Gasteiger partial charge in [0.25, 0.3) is 0 Å². The van der Waals surface area contributed by atoms with Gasteiger partial charge < -0.3 is 4.57 Å². The van der Waals surface area contributed by atoms with Gasteiger partial charge in [0.15, 0.2) is 0 Å². The Bertz CT molecular complexity index is 816. The summed E-state index contributed by atoms with van der Waals surface area (Å²) in [7, 11) is 0. The summed E-state index contributed by atoms with van der Waals surface area (Å²) in [6.45, 7) is 8.46. The summed E-state index contributed by atoms with van der Waals surface area (Å²) in [5.74, 6) is 0. The van der Waals surface area contributed by atoms with Crippen LogP contribution in [0.1, 0.15) is 25.0 Å². The maximum absolute atomic E-state index is 2.35. The first-order chi connectivity index (χ1) is 10.2. The van der Waals surface area contributed by atoms with E-state index in [1.54, 1.807) is 0 Å². The molecule has 0 aliphatic carbocycles. The van der Waals surface area contributed by atoms with E-state index in [1.807, 2.05) is 0 Å². The van der Waals surface area contributed by atoms with Crippen molar-refractivity contribution in [2.75, 3.05) is 0 Å². The lowest BCUT2D eigenvalue weighted by Crippen LogP contribution is -1.94. The highest BCUT2D eigenvalue weighted by Gasteiger charge is 2.12. The summed E-state index contributed by atoms with van der Waals surface area (Å²) in [6.07, 6.45) is 6.42. The van der Waals surface area contributed by atoms with E-state index in [2.05, 4.69) is 86.9 Å². The Morgan fingerprint density at radius 2 is 1.38 bits per heavy atom. The minimum atomic E-state index is 1.21. The highest BCUT2D eigenvalue weighted by atomic mass is 15.0. The van der Waals surface area contributed by atoms with Crippen molar-refractivity contribution in [3.8, 4) is 0 Å². The van der Waals surface area contributed by atoms with Crippen LogP contribution in [0.2, 0.25) is 0 Å². The van der Waals surface area contributed by atoms with Crippen LogP contribution in [0.3, 0.4) is 0 Å². The van der Waals surface area contributed by atoms with E-state index in [1.165, 1.54) is 38.6 Å². The fourth-order valence-corrected chi connectivity index (χ4v) is 3.00. The molecule has 1 nitrogen and oxygen atoms in total. The molecule has 0 N–H and O–H groups in total. The molecule has 0 spiro atoms. The molecule has 1 heterocycles. The molecule has 3 rings (SSSR count). The topological polar surface area (TPSA) is 4.93 Å². The average Bonchev–Trinajstić information content (AvgIpc) is 2.78. The first-order valence-corrected chi connectivity index (χ1v) is 7.46. The molecule has 0 bridgehead atoms. The zero-order valence-corrected chi connectivity index (χ0v) is 13.1. The third-order valence-electron chi connectivity index (χ3n) is 3.97. The molecule has 0 saturated heterocycles. The Kier molecular flexibility index (Phi) is 3.42. The SMILES string of the molecule is C/C=C\C(=C/C)n1c2ccc(C)cc2c2cc(C)ccc21. The first-order valence-electron chi connectivity index (χ1n) is 7.46. The van der Waals surface area contributed by atoms with E-state index in [9.17, 15) is 0 Å². The summed E-state index contributed by atoms with van der Waals surface area (Å²) in [4.78, 5) is 0. The van der Waals surface area contributed by atoms with Crippen molar-refractivity contribution in [2.45, 2.75) is 27.7 Å². The van der Waals surface area contributed by atoms with Gasteiger partial charge in [-0.2, -0.15) is 0 Å². The van der Waals surface area contributed by atoms with Crippen molar-refractivity contribution in [1.82, 2.24) is 4.57 Å². The van der Waals surface area contributed by atoms with Gasteiger partial charge in [-0.15, -0.1) is 0 Å². The maximum Gasteiger partial charge on any atom is 0.0541 e. The number of aryl methyl sites for hydroxylation is 2. The van der Waals surface area contributed by atoms with Crippen LogP contribution in [-0.2, 0) is 0 Å². The van der Waals surface area contributed by atoms with Crippen LogP contribution < -0.4 is 0 Å². The smallest absolute Gasteiger partial charge is 0.0541 e. The monoisotopic (exact) mass is 275 g/mol. The van der Waals surface area contributed by atoms with Gasteiger partial charge in [-0.3, -0.25) is 0 Å². The summed E-state index contributed by atoms with van der Waals surface area (Å²) in [5, 5.41) is 2.66. The number of aromatic nitrogens is 1. The van der Waals surface area contributed by atoms with E-state index < -0.39 is 0 Å². The lowest BCUT2D eigenvalue weighted by Gasteiger charge is -2.08. The number of hydrogen-bond acceptors (Lipinski definition) is 0. The van der Waals surface area contributed by atoms with Crippen LogP contribution in [0.5, 0.6) is 0 Å². The van der Waals surface area contributed by atoms with Gasteiger partial charge in [-0.05, 0) is 58.0 Å². The van der Waals surface area contributed by atoms with E-state index >= 15 is 0 Å². The van der Waals surface area contributed by atoms with E-state index in [-0.39, 0.29) is 0 Å². The van der Waals surface area contributed by atoms with Gasteiger partial charge >= 0.3 is 0 Å². The molecule has 0 unspecified atom stereocenters. The molecular formula is C20H21N. The average molecular weight is 275 g/mol. The number of benzene rings is 2. The van der Waals surface area contributed by atoms with Crippen LogP contribution in [0.4, 0.5) is 0 Å². The molecule has 0 saturated carbocycles. The first kappa shape index (κ1) is 13.7. The molecule has 0 radical (unpaired) electrons. The van der Waals surface area contributed by atoms with Crippen LogP contribution >= 0.6 is 0 Å². The fraction of sp³-hybridized carbons (Fsp3) is 0.200. The molecule has 106 valence electrons. The molecule has 0 atom stereocenters. The Hall–Kier alpha value is -2.28. The second-order valence-electron chi connectivity index (χ2n) is 5.59.